The molecular formula is C34H38N4O4. The molecule has 1 heterocycles. The lowest BCUT2D eigenvalue weighted by Gasteiger charge is -2.36. The lowest BCUT2D eigenvalue weighted by atomic mass is 9.83. The Morgan fingerprint density at radius 2 is 1.43 bits per heavy atom. The Labute approximate surface area is 247 Å². The van der Waals surface area contributed by atoms with Crippen LogP contribution in [0.2, 0.25) is 0 Å². The number of hydrogen-bond donors (Lipinski definition) is 2. The zero-order valence-corrected chi connectivity index (χ0v) is 24.1. The van der Waals surface area contributed by atoms with Crippen LogP contribution in [0.25, 0.3) is 0 Å². The van der Waals surface area contributed by atoms with Gasteiger partial charge in [0.05, 0.1) is 6.42 Å². The number of anilines is 2. The summed E-state index contributed by atoms with van der Waals surface area (Å²) in [6, 6.07) is 24.0. The van der Waals surface area contributed by atoms with Gasteiger partial charge in [-0.2, -0.15) is 0 Å². The molecule has 42 heavy (non-hydrogen) atoms. The maximum Gasteiger partial charge on any atom is 0.253 e. The van der Waals surface area contributed by atoms with Crippen molar-refractivity contribution >= 4 is 35.0 Å². The minimum atomic E-state index is -0.218. The summed E-state index contributed by atoms with van der Waals surface area (Å²) >= 11 is 0. The number of amides is 4. The Bertz CT molecular complexity index is 1430. The van der Waals surface area contributed by atoms with Crippen molar-refractivity contribution < 1.29 is 19.2 Å². The number of rotatable bonds is 9. The molecule has 2 fully saturated rings. The summed E-state index contributed by atoms with van der Waals surface area (Å²) < 4.78 is 0. The molecule has 2 N–H and O–H groups in total. The molecule has 0 aromatic heterocycles. The van der Waals surface area contributed by atoms with Gasteiger partial charge in [-0.15, -0.1) is 0 Å². The molecule has 1 saturated carbocycles. The van der Waals surface area contributed by atoms with Crippen LogP contribution in [-0.2, 0) is 27.3 Å². The van der Waals surface area contributed by atoms with E-state index in [0.717, 1.165) is 30.4 Å². The van der Waals surface area contributed by atoms with E-state index in [1.54, 1.807) is 36.2 Å². The Balaban J connectivity index is 1.11. The Morgan fingerprint density at radius 1 is 0.762 bits per heavy atom. The smallest absolute Gasteiger partial charge is 0.253 e. The average Bonchev–Trinajstić information content (AvgIpc) is 2.96. The highest BCUT2D eigenvalue weighted by Crippen LogP contribution is 2.30. The van der Waals surface area contributed by atoms with Gasteiger partial charge >= 0.3 is 0 Å². The van der Waals surface area contributed by atoms with Crippen molar-refractivity contribution in [3.8, 4) is 0 Å². The predicted molar refractivity (Wildman–Crippen MR) is 163 cm³/mol. The van der Waals surface area contributed by atoms with Crippen molar-refractivity contribution in [2.24, 2.45) is 11.8 Å². The van der Waals surface area contributed by atoms with Gasteiger partial charge in [0.25, 0.3) is 5.91 Å². The van der Waals surface area contributed by atoms with Crippen LogP contribution in [0.4, 0.5) is 11.4 Å². The zero-order chi connectivity index (χ0) is 29.5. The molecule has 4 amide bonds. The second-order valence-corrected chi connectivity index (χ2v) is 11.4. The van der Waals surface area contributed by atoms with Crippen LogP contribution in [-0.4, -0.2) is 53.6 Å². The van der Waals surface area contributed by atoms with Gasteiger partial charge in [0.2, 0.25) is 17.7 Å². The first-order valence-electron chi connectivity index (χ1n) is 14.7. The molecule has 1 aliphatic heterocycles. The summed E-state index contributed by atoms with van der Waals surface area (Å²) in [4.78, 5) is 54.8. The van der Waals surface area contributed by atoms with E-state index in [4.69, 9.17) is 0 Å². The number of hydrogen-bond acceptors (Lipinski definition) is 4. The molecule has 2 aliphatic rings. The van der Waals surface area contributed by atoms with Gasteiger partial charge in [-0.05, 0) is 67.1 Å². The van der Waals surface area contributed by atoms with E-state index in [-0.39, 0.29) is 41.9 Å². The topological polar surface area (TPSA) is 98.8 Å². The summed E-state index contributed by atoms with van der Waals surface area (Å²) in [5.74, 6) is -0.0957. The molecule has 0 spiro atoms. The summed E-state index contributed by atoms with van der Waals surface area (Å²) in [5, 5.41) is 5.88. The first kappa shape index (κ1) is 29.0. The Morgan fingerprint density at radius 3 is 2.12 bits per heavy atom. The van der Waals surface area contributed by atoms with Gasteiger partial charge in [-0.25, -0.2) is 0 Å². The van der Waals surface area contributed by atoms with Crippen LogP contribution in [0, 0.1) is 11.8 Å². The molecule has 3 aromatic carbocycles. The van der Waals surface area contributed by atoms with Crippen molar-refractivity contribution in [2.75, 3.05) is 30.8 Å². The first-order chi connectivity index (χ1) is 20.4. The van der Waals surface area contributed by atoms with E-state index < -0.39 is 0 Å². The molecule has 0 unspecified atom stereocenters. The number of carbonyl (C=O) groups is 4. The number of nitrogens with zero attached hydrogens (tertiary/aromatic N) is 2. The zero-order valence-electron chi connectivity index (χ0n) is 24.1. The molecule has 0 atom stereocenters. The van der Waals surface area contributed by atoms with Gasteiger partial charge < -0.3 is 20.4 Å². The van der Waals surface area contributed by atoms with Crippen LogP contribution in [0.5, 0.6) is 0 Å². The van der Waals surface area contributed by atoms with Gasteiger partial charge in [-0.3, -0.25) is 19.2 Å². The van der Waals surface area contributed by atoms with Gasteiger partial charge in [-0.1, -0.05) is 55.0 Å². The lowest BCUT2D eigenvalue weighted by Crippen LogP contribution is -2.45. The van der Waals surface area contributed by atoms with E-state index in [9.17, 15) is 19.2 Å². The summed E-state index contributed by atoms with van der Waals surface area (Å²) in [7, 11) is 1.76. The highest BCUT2D eigenvalue weighted by Gasteiger charge is 2.33. The summed E-state index contributed by atoms with van der Waals surface area (Å²) in [5.41, 5.74) is 3.49. The average molecular weight is 567 g/mol. The molecule has 5 rings (SSSR count). The van der Waals surface area contributed by atoms with Crippen molar-refractivity contribution in [1.29, 1.82) is 0 Å². The lowest BCUT2D eigenvalue weighted by molar-refractivity contribution is -0.140. The van der Waals surface area contributed by atoms with Crippen molar-refractivity contribution in [3.05, 3.63) is 95.6 Å². The second kappa shape index (κ2) is 13.5. The van der Waals surface area contributed by atoms with Crippen molar-refractivity contribution in [1.82, 2.24) is 9.80 Å². The standard InChI is InChI=1S/C34H38N4O4/c1-37(23-24-8-3-2-4-9-24)33(41)28-13-7-15-30(22-28)35-31(39)21-25-10-5-14-29(20-25)36-32(40)26-16-18-38(19-17-26)34(42)27-11-6-12-27/h2-5,7-10,13-15,20,22,26-27H,6,11-12,16-19,21,23H2,1H3,(H,35,39)(H,36,40). The van der Waals surface area contributed by atoms with Crippen LogP contribution < -0.4 is 10.6 Å². The highest BCUT2D eigenvalue weighted by atomic mass is 16.2. The fraction of sp³-hybridized carbons (Fsp3) is 0.353. The van der Waals surface area contributed by atoms with E-state index in [1.165, 1.54) is 0 Å². The highest BCUT2D eigenvalue weighted by molar-refractivity contribution is 5.98. The molecule has 8 heteroatoms. The van der Waals surface area contributed by atoms with Gasteiger partial charge in [0.1, 0.15) is 0 Å². The first-order valence-corrected chi connectivity index (χ1v) is 14.7. The molecule has 1 saturated heterocycles. The summed E-state index contributed by atoms with van der Waals surface area (Å²) in [6.45, 7) is 1.75. The quantitative estimate of drug-likeness (QED) is 0.376. The Hall–Kier alpha value is -4.46. The van der Waals surface area contributed by atoms with E-state index in [0.29, 0.717) is 49.4 Å². The maximum absolute atomic E-state index is 13.0. The third-order valence-corrected chi connectivity index (χ3v) is 8.19. The molecule has 0 bridgehead atoms. The molecule has 8 nitrogen and oxygen atoms in total. The Kier molecular flexibility index (Phi) is 9.31. The van der Waals surface area contributed by atoms with Crippen LogP contribution in [0.1, 0.15) is 53.6 Å². The molecular weight excluding hydrogens is 528 g/mol. The third kappa shape index (κ3) is 7.43. The monoisotopic (exact) mass is 566 g/mol. The van der Waals surface area contributed by atoms with Crippen molar-refractivity contribution in [3.63, 3.8) is 0 Å². The number of carbonyl (C=O) groups excluding carboxylic acids is 4. The third-order valence-electron chi connectivity index (χ3n) is 8.19. The number of likely N-dealkylation sites (tertiary alicyclic amines) is 1. The van der Waals surface area contributed by atoms with Gasteiger partial charge in [0, 0.05) is 55.5 Å². The normalized spacial score (nSPS) is 15.4. The second-order valence-electron chi connectivity index (χ2n) is 11.4. The largest absolute Gasteiger partial charge is 0.342 e. The predicted octanol–water partition coefficient (Wildman–Crippen LogP) is 5.12. The van der Waals surface area contributed by atoms with E-state index in [2.05, 4.69) is 10.6 Å². The summed E-state index contributed by atoms with van der Waals surface area (Å²) in [6.07, 6.45) is 4.57. The van der Waals surface area contributed by atoms with E-state index >= 15 is 0 Å². The maximum atomic E-state index is 13.0. The number of benzene rings is 3. The number of piperidine rings is 1. The van der Waals surface area contributed by atoms with Crippen LogP contribution in [0.3, 0.4) is 0 Å². The van der Waals surface area contributed by atoms with Crippen LogP contribution in [0.15, 0.2) is 78.9 Å². The number of nitrogens with one attached hydrogen (secondary N) is 2. The SMILES string of the molecule is CN(Cc1ccccc1)C(=O)c1cccc(NC(=O)Cc2cccc(NC(=O)C3CCN(C(=O)C4CCC4)CC3)c2)c1. The molecule has 1 aliphatic carbocycles. The van der Waals surface area contributed by atoms with E-state index in [1.807, 2.05) is 59.5 Å². The molecule has 3 aromatic rings. The fourth-order valence-corrected chi connectivity index (χ4v) is 5.55. The van der Waals surface area contributed by atoms with Crippen molar-refractivity contribution in [2.45, 2.75) is 45.1 Å². The fourth-order valence-electron chi connectivity index (χ4n) is 5.55. The minimum Gasteiger partial charge on any atom is -0.342 e. The van der Waals surface area contributed by atoms with Crippen LogP contribution >= 0.6 is 0 Å². The minimum absolute atomic E-state index is 0.0499. The van der Waals surface area contributed by atoms with Gasteiger partial charge in [0.15, 0.2) is 0 Å². The molecule has 218 valence electrons. The molecule has 0 radical (unpaired) electrons.